The van der Waals surface area contributed by atoms with Crippen molar-refractivity contribution in [1.29, 1.82) is 0 Å². The van der Waals surface area contributed by atoms with Gasteiger partial charge in [-0.25, -0.2) is 0 Å². The molecular weight excluding hydrogens is 336 g/mol. The molecular formula is C22H28N4O. The highest BCUT2D eigenvalue weighted by Gasteiger charge is 2.38. The fourth-order valence-electron chi connectivity index (χ4n) is 4.44. The first-order valence-corrected chi connectivity index (χ1v) is 9.92. The Morgan fingerprint density at radius 3 is 2.89 bits per heavy atom. The summed E-state index contributed by atoms with van der Waals surface area (Å²) in [6.45, 7) is 3.79. The lowest BCUT2D eigenvalue weighted by Crippen LogP contribution is -2.50. The molecule has 1 aliphatic heterocycles. The predicted octanol–water partition coefficient (Wildman–Crippen LogP) is 2.97. The van der Waals surface area contributed by atoms with Crippen LogP contribution in [-0.2, 0) is 4.79 Å². The molecule has 27 heavy (non-hydrogen) atoms. The van der Waals surface area contributed by atoms with Crippen LogP contribution in [0.5, 0.6) is 0 Å². The van der Waals surface area contributed by atoms with Gasteiger partial charge in [-0.15, -0.1) is 0 Å². The van der Waals surface area contributed by atoms with Gasteiger partial charge in [0.25, 0.3) is 0 Å². The molecule has 2 heterocycles. The normalized spacial score (nSPS) is 24.5. The van der Waals surface area contributed by atoms with Crippen LogP contribution in [0.1, 0.15) is 43.2 Å². The molecule has 0 spiro atoms. The molecule has 2 aromatic rings. The van der Waals surface area contributed by atoms with Crippen LogP contribution < -0.4 is 5.73 Å². The molecule has 142 valence electrons. The Balaban J connectivity index is 1.66. The summed E-state index contributed by atoms with van der Waals surface area (Å²) in [6, 6.07) is 8.08. The lowest BCUT2D eigenvalue weighted by Gasteiger charge is -2.38. The molecule has 3 atom stereocenters. The molecule has 1 saturated carbocycles. The summed E-state index contributed by atoms with van der Waals surface area (Å²) in [5.41, 5.74) is 9.49. The number of benzene rings is 1. The van der Waals surface area contributed by atoms with E-state index < -0.39 is 0 Å². The Bertz CT molecular complexity index is 874. The lowest BCUT2D eigenvalue weighted by molar-refractivity contribution is -0.135. The first kappa shape index (κ1) is 18.1. The van der Waals surface area contributed by atoms with Gasteiger partial charge in [0, 0.05) is 49.4 Å². The third-order valence-electron chi connectivity index (χ3n) is 5.93. The molecule has 0 bridgehead atoms. The third-order valence-corrected chi connectivity index (χ3v) is 5.93. The van der Waals surface area contributed by atoms with Crippen molar-refractivity contribution >= 4 is 23.0 Å². The molecule has 1 amide bonds. The van der Waals surface area contributed by atoms with Crippen molar-refractivity contribution in [2.75, 3.05) is 20.1 Å². The second-order valence-electron chi connectivity index (χ2n) is 8.18. The summed E-state index contributed by atoms with van der Waals surface area (Å²) in [4.78, 5) is 23.6. The van der Waals surface area contributed by atoms with Gasteiger partial charge in [0.05, 0.1) is 11.6 Å². The second-order valence-corrected chi connectivity index (χ2v) is 8.18. The van der Waals surface area contributed by atoms with Crippen LogP contribution in [0.2, 0.25) is 0 Å². The van der Waals surface area contributed by atoms with Crippen LogP contribution in [0.15, 0.2) is 35.5 Å². The van der Waals surface area contributed by atoms with Gasteiger partial charge in [-0.2, -0.15) is 0 Å². The zero-order valence-corrected chi connectivity index (χ0v) is 16.1. The zero-order chi connectivity index (χ0) is 19.0. The van der Waals surface area contributed by atoms with Gasteiger partial charge in [-0.3, -0.25) is 14.8 Å². The van der Waals surface area contributed by atoms with Gasteiger partial charge in [0.2, 0.25) is 5.91 Å². The van der Waals surface area contributed by atoms with Gasteiger partial charge in [0.1, 0.15) is 0 Å². The molecule has 1 aromatic heterocycles. The molecule has 0 unspecified atom stereocenters. The van der Waals surface area contributed by atoms with E-state index in [4.69, 9.17) is 5.73 Å². The maximum Gasteiger partial charge on any atom is 0.239 e. The van der Waals surface area contributed by atoms with E-state index >= 15 is 0 Å². The highest BCUT2D eigenvalue weighted by atomic mass is 16.2. The van der Waals surface area contributed by atoms with E-state index in [1.165, 1.54) is 5.56 Å². The molecule has 5 heteroatoms. The number of hydrogen-bond acceptors (Lipinski definition) is 4. The molecule has 2 aliphatic rings. The monoisotopic (exact) mass is 364 g/mol. The van der Waals surface area contributed by atoms with E-state index in [1.54, 1.807) is 7.05 Å². The maximum absolute atomic E-state index is 12.9. The number of carbonyl (C=O) groups is 1. The number of amides is 1. The molecule has 5 nitrogen and oxygen atoms in total. The Kier molecular flexibility index (Phi) is 4.96. The smallest absolute Gasteiger partial charge is 0.239 e. The minimum Gasteiger partial charge on any atom is -0.340 e. The second kappa shape index (κ2) is 7.39. The van der Waals surface area contributed by atoms with E-state index in [0.717, 1.165) is 48.8 Å². The summed E-state index contributed by atoms with van der Waals surface area (Å²) in [5.74, 6) is 1.29. The third kappa shape index (κ3) is 3.61. The van der Waals surface area contributed by atoms with Gasteiger partial charge in [-0.05, 0) is 42.7 Å². The Hall–Kier alpha value is -2.27. The number of hydrogen-bond donors (Lipinski definition) is 1. The molecule has 2 N–H and O–H groups in total. The minimum absolute atomic E-state index is 0.131. The Morgan fingerprint density at radius 2 is 2.15 bits per heavy atom. The standard InChI is InChI=1S/C22H28N4O/c1-14-10-17(13-26(12-14)22(27)20(23)15-5-6-15)18-8-7-16(11-24-2)21-19(18)4-3-9-25-21/h3-4,7-9,11,14-15,17,20H,5-6,10,12-13,23H2,1-2H3/b24-11+/t14-,17-,20+/m1/s1. The Labute approximate surface area is 160 Å². The van der Waals surface area contributed by atoms with Crippen molar-refractivity contribution in [1.82, 2.24) is 9.88 Å². The van der Waals surface area contributed by atoms with Crippen LogP contribution >= 0.6 is 0 Å². The maximum atomic E-state index is 12.9. The number of likely N-dealkylation sites (tertiary alicyclic amines) is 1. The molecule has 1 saturated heterocycles. The zero-order valence-electron chi connectivity index (χ0n) is 16.1. The van der Waals surface area contributed by atoms with Crippen molar-refractivity contribution in [3.63, 3.8) is 0 Å². The van der Waals surface area contributed by atoms with Crippen molar-refractivity contribution in [2.45, 2.75) is 38.1 Å². The summed E-state index contributed by atoms with van der Waals surface area (Å²) in [6.07, 6.45) is 6.95. The van der Waals surface area contributed by atoms with E-state index in [9.17, 15) is 4.79 Å². The summed E-state index contributed by atoms with van der Waals surface area (Å²) in [7, 11) is 1.78. The topological polar surface area (TPSA) is 71.6 Å². The predicted molar refractivity (Wildman–Crippen MR) is 109 cm³/mol. The van der Waals surface area contributed by atoms with Crippen LogP contribution in [0.25, 0.3) is 10.9 Å². The van der Waals surface area contributed by atoms with E-state index in [1.807, 2.05) is 23.4 Å². The first-order valence-electron chi connectivity index (χ1n) is 9.92. The molecule has 1 aromatic carbocycles. The largest absolute Gasteiger partial charge is 0.340 e. The fourth-order valence-corrected chi connectivity index (χ4v) is 4.44. The average Bonchev–Trinajstić information content (AvgIpc) is 3.52. The van der Waals surface area contributed by atoms with Crippen LogP contribution in [0.4, 0.5) is 0 Å². The van der Waals surface area contributed by atoms with Crippen LogP contribution in [0.3, 0.4) is 0 Å². The average molecular weight is 364 g/mol. The highest BCUT2D eigenvalue weighted by Crippen LogP contribution is 2.37. The van der Waals surface area contributed by atoms with Crippen LogP contribution in [0, 0.1) is 11.8 Å². The number of carbonyl (C=O) groups excluding carboxylic acids is 1. The quantitative estimate of drug-likeness (QED) is 0.848. The number of pyridine rings is 1. The molecule has 1 aliphatic carbocycles. The van der Waals surface area contributed by atoms with E-state index in [0.29, 0.717) is 17.8 Å². The summed E-state index contributed by atoms with van der Waals surface area (Å²) >= 11 is 0. The van der Waals surface area contributed by atoms with E-state index in [2.05, 4.69) is 35.1 Å². The van der Waals surface area contributed by atoms with Crippen molar-refractivity contribution in [3.05, 3.63) is 41.6 Å². The number of nitrogens with two attached hydrogens (primary N) is 1. The van der Waals surface area contributed by atoms with Gasteiger partial charge >= 0.3 is 0 Å². The highest BCUT2D eigenvalue weighted by molar-refractivity contribution is 5.99. The number of nitrogens with zero attached hydrogens (tertiary/aromatic N) is 3. The fraction of sp³-hybridized carbons (Fsp3) is 0.500. The van der Waals surface area contributed by atoms with Gasteiger partial charge in [0.15, 0.2) is 0 Å². The number of aromatic nitrogens is 1. The summed E-state index contributed by atoms with van der Waals surface area (Å²) in [5, 5.41) is 1.16. The number of piperidine rings is 1. The van der Waals surface area contributed by atoms with Crippen molar-refractivity contribution < 1.29 is 4.79 Å². The Morgan fingerprint density at radius 1 is 1.33 bits per heavy atom. The SMILES string of the molecule is C/N=C/c1ccc([C@@H]2C[C@@H](C)CN(C(=O)[C@@H](N)C3CC3)C2)c2cccnc12. The molecule has 0 radical (unpaired) electrons. The molecule has 2 fully saturated rings. The van der Waals surface area contributed by atoms with Crippen LogP contribution in [-0.4, -0.2) is 48.2 Å². The minimum atomic E-state index is -0.322. The number of rotatable bonds is 4. The summed E-state index contributed by atoms with van der Waals surface area (Å²) < 4.78 is 0. The van der Waals surface area contributed by atoms with Gasteiger partial charge in [-0.1, -0.05) is 25.1 Å². The van der Waals surface area contributed by atoms with Gasteiger partial charge < -0.3 is 10.6 Å². The lowest BCUT2D eigenvalue weighted by atomic mass is 9.83. The molecule has 4 rings (SSSR count). The van der Waals surface area contributed by atoms with E-state index in [-0.39, 0.29) is 11.9 Å². The number of fused-ring (bicyclic) bond motifs is 1. The first-order chi connectivity index (χ1) is 13.1. The van der Waals surface area contributed by atoms with Crippen molar-refractivity contribution in [3.8, 4) is 0 Å². The number of aliphatic imine (C=N–C) groups is 1. The van der Waals surface area contributed by atoms with Crippen molar-refractivity contribution in [2.24, 2.45) is 22.6 Å².